The number of carbonyl (C=O) groups is 2. The molecule has 0 saturated carbocycles. The Labute approximate surface area is 240 Å². The molecule has 0 aromatic heterocycles. The lowest BCUT2D eigenvalue weighted by Gasteiger charge is -2.18. The summed E-state index contributed by atoms with van der Waals surface area (Å²) in [6.07, 6.45) is 6.53. The first-order valence-electron chi connectivity index (χ1n) is 12.4. The molecule has 8 heteroatoms. The van der Waals surface area contributed by atoms with Crippen LogP contribution in [0.2, 0.25) is 10.0 Å². The molecule has 2 N–H and O–H groups in total. The summed E-state index contributed by atoms with van der Waals surface area (Å²) in [5.41, 5.74) is 12.2. The molecule has 2 aliphatic rings. The molecule has 0 amide bonds. The van der Waals surface area contributed by atoms with Crippen molar-refractivity contribution in [2.24, 2.45) is 10.2 Å². The average Bonchev–Trinajstić information content (AvgIpc) is 2.97. The van der Waals surface area contributed by atoms with Crippen molar-refractivity contribution in [2.75, 3.05) is 10.9 Å². The van der Waals surface area contributed by atoms with E-state index in [0.29, 0.717) is 32.5 Å². The van der Waals surface area contributed by atoms with E-state index in [9.17, 15) is 9.59 Å². The maximum Gasteiger partial charge on any atom is 0.206 e. The highest BCUT2D eigenvalue weighted by molar-refractivity contribution is 6.53. The molecular weight excluding hydrogens is 543 g/mol. The summed E-state index contributed by atoms with van der Waals surface area (Å²) in [5, 5.41) is 9.75. The van der Waals surface area contributed by atoms with E-state index in [1.165, 1.54) is 12.2 Å². The third-order valence-electron chi connectivity index (χ3n) is 6.60. The van der Waals surface area contributed by atoms with Crippen molar-refractivity contribution in [3.8, 4) is 11.1 Å². The van der Waals surface area contributed by atoms with E-state index in [1.54, 1.807) is 24.3 Å². The molecule has 194 valence electrons. The maximum atomic E-state index is 12.7. The number of hydrogen-bond acceptors (Lipinski definition) is 6. The Morgan fingerprint density at radius 3 is 1.32 bits per heavy atom. The number of rotatable bonds is 5. The molecule has 0 unspecified atom stereocenters. The third kappa shape index (κ3) is 4.75. The first-order valence-corrected chi connectivity index (χ1v) is 13.2. The maximum absolute atomic E-state index is 12.7. The fourth-order valence-electron chi connectivity index (χ4n) is 4.65. The van der Waals surface area contributed by atoms with Crippen molar-refractivity contribution < 1.29 is 9.59 Å². The van der Waals surface area contributed by atoms with Crippen molar-refractivity contribution in [1.29, 1.82) is 0 Å². The summed E-state index contributed by atoms with van der Waals surface area (Å²) < 4.78 is 0. The Bertz CT molecular complexity index is 1690. The fraction of sp³-hybridized carbons (Fsp3) is 0. The Balaban J connectivity index is 1.40. The van der Waals surface area contributed by atoms with Gasteiger partial charge < -0.3 is 0 Å². The van der Waals surface area contributed by atoms with Gasteiger partial charge in [-0.15, -0.1) is 0 Å². The number of hydrazone groups is 2. The largest absolute Gasteiger partial charge is 0.287 e. The number of anilines is 2. The van der Waals surface area contributed by atoms with Gasteiger partial charge in [0.1, 0.15) is 11.4 Å². The van der Waals surface area contributed by atoms with Gasteiger partial charge in [-0.05, 0) is 35.4 Å². The van der Waals surface area contributed by atoms with Gasteiger partial charge in [-0.1, -0.05) is 108 Å². The second-order valence-corrected chi connectivity index (χ2v) is 9.85. The summed E-state index contributed by atoms with van der Waals surface area (Å²) in [4.78, 5) is 25.4. The zero-order chi connectivity index (χ0) is 27.6. The third-order valence-corrected chi connectivity index (χ3v) is 7.23. The molecule has 40 heavy (non-hydrogen) atoms. The minimum atomic E-state index is -0.216. The van der Waals surface area contributed by atoms with Gasteiger partial charge in [0.15, 0.2) is 0 Å². The number of para-hydroxylation sites is 2. The van der Waals surface area contributed by atoms with Gasteiger partial charge in [0.2, 0.25) is 11.6 Å². The molecule has 0 radical (unpaired) electrons. The Morgan fingerprint density at radius 1 is 0.475 bits per heavy atom. The number of nitrogens with one attached hydrogen (secondary N) is 2. The normalized spacial score (nSPS) is 15.8. The quantitative estimate of drug-likeness (QED) is 0.247. The van der Waals surface area contributed by atoms with E-state index < -0.39 is 0 Å². The lowest BCUT2D eigenvalue weighted by molar-refractivity contribution is -0.109. The van der Waals surface area contributed by atoms with Crippen LogP contribution in [0, 0.1) is 0 Å². The first kappa shape index (κ1) is 25.5. The highest BCUT2D eigenvalue weighted by atomic mass is 35.5. The lowest BCUT2D eigenvalue weighted by Crippen LogP contribution is -2.19. The SMILES string of the molecule is O=C1C=Cc2ccccc2/C1=N\Nc1c(Cl)cccc1-c1cccc(Cl)c1N/N=C1/C(=O)C=Cc2ccccc21. The molecule has 4 aromatic rings. The Morgan fingerprint density at radius 2 is 0.875 bits per heavy atom. The minimum absolute atomic E-state index is 0.216. The number of halogens is 2. The Kier molecular flexibility index (Phi) is 6.86. The van der Waals surface area contributed by atoms with Crippen LogP contribution in [0.1, 0.15) is 22.3 Å². The van der Waals surface area contributed by atoms with Crippen LogP contribution >= 0.6 is 23.2 Å². The molecule has 0 bridgehead atoms. The van der Waals surface area contributed by atoms with Crippen LogP contribution in [0.15, 0.2) is 107 Å². The Hall–Kier alpha value is -4.78. The first-order chi connectivity index (χ1) is 19.5. The van der Waals surface area contributed by atoms with Crippen molar-refractivity contribution in [2.45, 2.75) is 0 Å². The molecular formula is C32H20Cl2N4O2. The second kappa shape index (κ2) is 10.8. The molecule has 6 nitrogen and oxygen atoms in total. The molecule has 0 fully saturated rings. The zero-order valence-electron chi connectivity index (χ0n) is 20.9. The van der Waals surface area contributed by atoms with E-state index in [-0.39, 0.29) is 23.0 Å². The number of carbonyl (C=O) groups excluding carboxylic acids is 2. The predicted octanol–water partition coefficient (Wildman–Crippen LogP) is 7.48. The molecule has 0 heterocycles. The molecule has 2 aliphatic carbocycles. The van der Waals surface area contributed by atoms with Crippen molar-refractivity contribution >= 4 is 69.7 Å². The van der Waals surface area contributed by atoms with Gasteiger partial charge in [-0.25, -0.2) is 0 Å². The van der Waals surface area contributed by atoms with Gasteiger partial charge >= 0.3 is 0 Å². The summed E-state index contributed by atoms with van der Waals surface area (Å²) >= 11 is 13.3. The van der Waals surface area contributed by atoms with E-state index in [2.05, 4.69) is 21.1 Å². The predicted molar refractivity (Wildman–Crippen MR) is 163 cm³/mol. The number of hydrogen-bond donors (Lipinski definition) is 2. The summed E-state index contributed by atoms with van der Waals surface area (Å²) in [7, 11) is 0. The fourth-order valence-corrected chi connectivity index (χ4v) is 5.08. The standard InChI is InChI=1S/C32H20Cl2N4O2/c33-25-13-5-11-23(29(25)35-37-31-21-9-3-1-7-19(21)15-17-27(31)39)24-12-6-14-26(34)30(24)36-38-32-22-10-4-2-8-20(22)16-18-28(32)40/h1-18,35-36H/b37-31+,38-32+. The van der Waals surface area contributed by atoms with Crippen molar-refractivity contribution in [3.05, 3.63) is 129 Å². The lowest BCUT2D eigenvalue weighted by atomic mass is 9.95. The van der Waals surface area contributed by atoms with Crippen LogP contribution in [0.25, 0.3) is 23.3 Å². The molecule has 6 rings (SSSR count). The molecule has 0 saturated heterocycles. The summed E-state index contributed by atoms with van der Waals surface area (Å²) in [5.74, 6) is -0.431. The van der Waals surface area contributed by atoms with Crippen LogP contribution < -0.4 is 10.9 Å². The zero-order valence-corrected chi connectivity index (χ0v) is 22.4. The number of fused-ring (bicyclic) bond motifs is 2. The van der Waals surface area contributed by atoms with Crippen molar-refractivity contribution in [3.63, 3.8) is 0 Å². The molecule has 0 spiro atoms. The van der Waals surface area contributed by atoms with E-state index in [1.807, 2.05) is 72.8 Å². The monoisotopic (exact) mass is 562 g/mol. The number of nitrogens with zero attached hydrogens (tertiary/aromatic N) is 2. The summed E-state index contributed by atoms with van der Waals surface area (Å²) in [6.45, 7) is 0. The van der Waals surface area contributed by atoms with Crippen LogP contribution in [0.5, 0.6) is 0 Å². The number of allylic oxidation sites excluding steroid dienone is 2. The van der Waals surface area contributed by atoms with Gasteiger partial charge in [0.05, 0.1) is 21.4 Å². The molecule has 0 atom stereocenters. The smallest absolute Gasteiger partial charge is 0.206 e. The van der Waals surface area contributed by atoms with Gasteiger partial charge in [-0.3, -0.25) is 20.4 Å². The van der Waals surface area contributed by atoms with E-state index in [0.717, 1.165) is 22.3 Å². The van der Waals surface area contributed by atoms with Gasteiger partial charge in [0, 0.05) is 22.3 Å². The summed E-state index contributed by atoms with van der Waals surface area (Å²) in [6, 6.07) is 25.9. The van der Waals surface area contributed by atoms with Gasteiger partial charge in [0.25, 0.3) is 0 Å². The van der Waals surface area contributed by atoms with Crippen LogP contribution in [-0.2, 0) is 9.59 Å². The van der Waals surface area contributed by atoms with Gasteiger partial charge in [-0.2, -0.15) is 10.2 Å². The highest BCUT2D eigenvalue weighted by Gasteiger charge is 2.22. The number of benzene rings is 4. The van der Waals surface area contributed by atoms with Crippen molar-refractivity contribution in [1.82, 2.24) is 0 Å². The van der Waals surface area contributed by atoms with Crippen LogP contribution in [-0.4, -0.2) is 23.0 Å². The van der Waals surface area contributed by atoms with Crippen LogP contribution in [0.4, 0.5) is 11.4 Å². The minimum Gasteiger partial charge on any atom is -0.287 e. The second-order valence-electron chi connectivity index (χ2n) is 9.04. The van der Waals surface area contributed by atoms with E-state index in [4.69, 9.17) is 23.2 Å². The van der Waals surface area contributed by atoms with Crippen LogP contribution in [0.3, 0.4) is 0 Å². The average molecular weight is 563 g/mol. The topological polar surface area (TPSA) is 82.9 Å². The number of ketones is 2. The van der Waals surface area contributed by atoms with E-state index >= 15 is 0 Å². The highest BCUT2D eigenvalue weighted by Crippen LogP contribution is 2.41. The molecule has 4 aromatic carbocycles. The molecule has 0 aliphatic heterocycles.